The molecule has 1 fully saturated rings. The SMILES string of the molecule is C=C[C@H]1C[C@@H](O[Si](C)(C)C(C)(C)C)C[C@@H](/C=C\Oc2ccc(OC)cc2)N1C. The maximum absolute atomic E-state index is 6.72. The summed E-state index contributed by atoms with van der Waals surface area (Å²) in [5, 5.41) is 0.211. The van der Waals surface area contributed by atoms with Crippen molar-refractivity contribution in [3.8, 4) is 11.5 Å². The number of ether oxygens (including phenoxy) is 2. The molecule has 0 radical (unpaired) electrons. The van der Waals surface area contributed by atoms with Gasteiger partial charge in [0.15, 0.2) is 8.32 Å². The molecule has 0 bridgehead atoms. The summed E-state index contributed by atoms with van der Waals surface area (Å²) < 4.78 is 17.7. The summed E-state index contributed by atoms with van der Waals surface area (Å²) in [4.78, 5) is 2.35. The number of methoxy groups -OCH3 is 1. The van der Waals surface area contributed by atoms with Crippen molar-refractivity contribution in [2.75, 3.05) is 14.2 Å². The fourth-order valence-electron chi connectivity index (χ4n) is 3.24. The molecule has 0 amide bonds. The Hall–Kier alpha value is -1.56. The van der Waals surface area contributed by atoms with Crippen LogP contribution in [0.2, 0.25) is 18.1 Å². The first-order chi connectivity index (χ1) is 13.1. The van der Waals surface area contributed by atoms with Crippen LogP contribution in [0.3, 0.4) is 0 Å². The maximum atomic E-state index is 6.72. The van der Waals surface area contributed by atoms with Crippen LogP contribution in [-0.2, 0) is 4.43 Å². The Bertz CT molecular complexity index is 663. The Labute approximate surface area is 172 Å². The van der Waals surface area contributed by atoms with E-state index in [1.54, 1.807) is 13.4 Å². The minimum absolute atomic E-state index is 0.211. The topological polar surface area (TPSA) is 30.9 Å². The molecule has 0 spiro atoms. The van der Waals surface area contributed by atoms with Crippen molar-refractivity contribution in [1.82, 2.24) is 4.90 Å². The molecule has 1 saturated heterocycles. The minimum atomic E-state index is -1.80. The van der Waals surface area contributed by atoms with E-state index < -0.39 is 8.32 Å². The molecule has 1 heterocycles. The first-order valence-corrected chi connectivity index (χ1v) is 13.0. The third kappa shape index (κ3) is 5.72. The molecule has 0 saturated carbocycles. The van der Waals surface area contributed by atoms with E-state index in [9.17, 15) is 0 Å². The lowest BCUT2D eigenvalue weighted by atomic mass is 9.94. The summed E-state index contributed by atoms with van der Waals surface area (Å²) in [6.45, 7) is 15.6. The van der Waals surface area contributed by atoms with Gasteiger partial charge in [0.25, 0.3) is 0 Å². The number of benzene rings is 1. The second-order valence-electron chi connectivity index (χ2n) is 9.13. The molecule has 3 atom stereocenters. The predicted molar refractivity (Wildman–Crippen MR) is 120 cm³/mol. The molecule has 28 heavy (non-hydrogen) atoms. The number of rotatable bonds is 7. The highest BCUT2D eigenvalue weighted by atomic mass is 28.4. The zero-order chi connectivity index (χ0) is 20.9. The number of hydrogen-bond acceptors (Lipinski definition) is 4. The summed E-state index contributed by atoms with van der Waals surface area (Å²) in [5.74, 6) is 1.62. The van der Waals surface area contributed by atoms with Gasteiger partial charge in [-0.25, -0.2) is 0 Å². The summed E-state index contributed by atoms with van der Waals surface area (Å²) in [6.07, 6.45) is 8.16. The highest BCUT2D eigenvalue weighted by Gasteiger charge is 2.41. The molecule has 0 unspecified atom stereocenters. The van der Waals surface area contributed by atoms with Gasteiger partial charge in [0.1, 0.15) is 11.5 Å². The van der Waals surface area contributed by atoms with E-state index >= 15 is 0 Å². The molecule has 156 valence electrons. The number of likely N-dealkylation sites (tertiary alicyclic amines) is 1. The number of hydrogen-bond donors (Lipinski definition) is 0. The van der Waals surface area contributed by atoms with Gasteiger partial charge in [-0.3, -0.25) is 4.90 Å². The molecule has 5 heteroatoms. The molecule has 1 aromatic rings. The van der Waals surface area contributed by atoms with Crippen LogP contribution >= 0.6 is 0 Å². The van der Waals surface area contributed by atoms with Crippen molar-refractivity contribution < 1.29 is 13.9 Å². The zero-order valence-electron chi connectivity index (χ0n) is 18.6. The lowest BCUT2D eigenvalue weighted by Crippen LogP contribution is -2.52. The Morgan fingerprint density at radius 3 is 2.18 bits per heavy atom. The lowest BCUT2D eigenvalue weighted by molar-refractivity contribution is 0.0546. The Balaban J connectivity index is 2.05. The van der Waals surface area contributed by atoms with Crippen LogP contribution < -0.4 is 9.47 Å². The fraction of sp³-hybridized carbons (Fsp3) is 0.565. The van der Waals surface area contributed by atoms with Crippen LogP contribution in [0.4, 0.5) is 0 Å². The van der Waals surface area contributed by atoms with E-state index in [1.165, 1.54) is 0 Å². The van der Waals surface area contributed by atoms with Crippen LogP contribution in [0.1, 0.15) is 33.6 Å². The van der Waals surface area contributed by atoms with Gasteiger partial charge in [0, 0.05) is 18.2 Å². The van der Waals surface area contributed by atoms with Crippen molar-refractivity contribution in [3.63, 3.8) is 0 Å². The van der Waals surface area contributed by atoms with Crippen molar-refractivity contribution in [2.45, 2.75) is 69.9 Å². The van der Waals surface area contributed by atoms with E-state index in [4.69, 9.17) is 13.9 Å². The van der Waals surface area contributed by atoms with Crippen molar-refractivity contribution in [2.24, 2.45) is 0 Å². The molecule has 0 aliphatic carbocycles. The van der Waals surface area contributed by atoms with Crippen molar-refractivity contribution in [1.29, 1.82) is 0 Å². The van der Waals surface area contributed by atoms with Gasteiger partial charge in [0.05, 0.1) is 13.4 Å². The fourth-order valence-corrected chi connectivity index (χ4v) is 4.62. The smallest absolute Gasteiger partial charge is 0.192 e. The van der Waals surface area contributed by atoms with Gasteiger partial charge in [-0.15, -0.1) is 6.58 Å². The van der Waals surface area contributed by atoms with Crippen molar-refractivity contribution in [3.05, 3.63) is 49.3 Å². The summed E-state index contributed by atoms with van der Waals surface area (Å²) in [5.41, 5.74) is 0. The molecule has 0 N–H and O–H groups in total. The van der Waals surface area contributed by atoms with E-state index in [1.807, 2.05) is 30.3 Å². The minimum Gasteiger partial charge on any atom is -0.497 e. The van der Waals surface area contributed by atoms with Crippen LogP contribution in [0.5, 0.6) is 11.5 Å². The van der Waals surface area contributed by atoms with Crippen molar-refractivity contribution >= 4 is 8.32 Å². The first-order valence-electron chi connectivity index (χ1n) is 10.1. The standard InChI is InChI=1S/C23H37NO3Si/c1-9-18-16-22(27-28(7,8)23(2,3)4)17-19(24(18)5)14-15-26-21-12-10-20(25-6)11-13-21/h9-15,18-19,22H,1,16-17H2,2-8H3/b15-14-/t18-,19+,22+/m0/s1. The average molecular weight is 404 g/mol. The van der Waals surface area contributed by atoms with Gasteiger partial charge >= 0.3 is 0 Å². The predicted octanol–water partition coefficient (Wildman–Crippen LogP) is 5.63. The average Bonchev–Trinajstić information content (AvgIpc) is 2.63. The summed E-state index contributed by atoms with van der Waals surface area (Å²) in [7, 11) is 2.01. The second kappa shape index (κ2) is 9.29. The van der Waals surface area contributed by atoms with Gasteiger partial charge in [0.2, 0.25) is 0 Å². The maximum Gasteiger partial charge on any atom is 0.192 e. The van der Waals surface area contributed by atoms with Crippen LogP contribution in [0.15, 0.2) is 49.3 Å². The molecular formula is C23H37NO3Si. The molecule has 4 nitrogen and oxygen atoms in total. The van der Waals surface area contributed by atoms with E-state index in [0.29, 0.717) is 6.04 Å². The first kappa shape index (κ1) is 22.7. The molecule has 0 aromatic heterocycles. The lowest BCUT2D eigenvalue weighted by Gasteiger charge is -2.45. The van der Waals surface area contributed by atoms with Gasteiger partial charge in [-0.1, -0.05) is 26.8 Å². The highest BCUT2D eigenvalue weighted by Crippen LogP contribution is 2.39. The molecule has 1 aromatic carbocycles. The van der Waals surface area contributed by atoms with Crippen LogP contribution in [-0.4, -0.2) is 45.6 Å². The summed E-state index contributed by atoms with van der Waals surface area (Å²) in [6, 6.07) is 8.16. The monoisotopic (exact) mass is 403 g/mol. The largest absolute Gasteiger partial charge is 0.497 e. The summed E-state index contributed by atoms with van der Waals surface area (Å²) >= 11 is 0. The van der Waals surface area contributed by atoms with Gasteiger partial charge < -0.3 is 13.9 Å². The Kier molecular flexibility index (Phi) is 7.54. The zero-order valence-corrected chi connectivity index (χ0v) is 19.6. The Morgan fingerprint density at radius 2 is 1.64 bits per heavy atom. The van der Waals surface area contributed by atoms with Crippen LogP contribution in [0, 0.1) is 0 Å². The number of nitrogens with zero attached hydrogens (tertiary/aromatic N) is 1. The second-order valence-corrected chi connectivity index (χ2v) is 13.9. The van der Waals surface area contributed by atoms with E-state index in [-0.39, 0.29) is 17.2 Å². The molecule has 2 rings (SSSR count). The number of likely N-dealkylation sites (N-methyl/N-ethyl adjacent to an activating group) is 1. The molecular weight excluding hydrogens is 366 g/mol. The molecule has 1 aliphatic heterocycles. The highest BCUT2D eigenvalue weighted by molar-refractivity contribution is 6.74. The number of piperidine rings is 1. The Morgan fingerprint density at radius 1 is 1.07 bits per heavy atom. The van der Waals surface area contributed by atoms with E-state index in [0.717, 1.165) is 24.3 Å². The normalized spacial score (nSPS) is 24.3. The van der Waals surface area contributed by atoms with Gasteiger partial charge in [-0.05, 0) is 68.4 Å². The quantitative estimate of drug-likeness (QED) is 0.335. The van der Waals surface area contributed by atoms with Gasteiger partial charge in [-0.2, -0.15) is 0 Å². The molecule has 1 aliphatic rings. The third-order valence-electron chi connectivity index (χ3n) is 6.16. The van der Waals surface area contributed by atoms with Crippen LogP contribution in [0.25, 0.3) is 0 Å². The third-order valence-corrected chi connectivity index (χ3v) is 10.7. The van der Waals surface area contributed by atoms with E-state index in [2.05, 4.69) is 58.5 Å².